The number of hydrogen-bond donors (Lipinski definition) is 1. The largest absolute Gasteiger partial charge is 0.416 e. The second-order valence-corrected chi connectivity index (χ2v) is 8.26. The number of nitro benzene ring substituents is 1. The number of aromatic nitrogens is 4. The Morgan fingerprint density at radius 2 is 1.69 bits per heavy atom. The minimum atomic E-state index is -5.10. The molecule has 0 unspecified atom stereocenters. The summed E-state index contributed by atoms with van der Waals surface area (Å²) in [6.45, 7) is -0.380. The van der Waals surface area contributed by atoms with E-state index in [1.54, 1.807) is 6.07 Å². The van der Waals surface area contributed by atoms with Crippen LogP contribution < -0.4 is 10.9 Å². The molecule has 0 saturated carbocycles. The number of nitrogens with one attached hydrogen (secondary N) is 1. The van der Waals surface area contributed by atoms with Gasteiger partial charge >= 0.3 is 12.4 Å². The Morgan fingerprint density at radius 3 is 2.31 bits per heavy atom. The fourth-order valence-electron chi connectivity index (χ4n) is 3.70. The summed E-state index contributed by atoms with van der Waals surface area (Å²) in [4.78, 5) is 39.7. The summed E-state index contributed by atoms with van der Waals surface area (Å²) in [5.74, 6) is -1.17. The maximum atomic E-state index is 13.0. The Kier molecular flexibility index (Phi) is 7.12. The second-order valence-electron chi connectivity index (χ2n) is 8.26. The van der Waals surface area contributed by atoms with Gasteiger partial charge in [0.2, 0.25) is 0 Å². The summed E-state index contributed by atoms with van der Waals surface area (Å²) >= 11 is 0. The van der Waals surface area contributed by atoms with Crippen LogP contribution in [0.5, 0.6) is 0 Å². The van der Waals surface area contributed by atoms with Crippen LogP contribution in [-0.2, 0) is 25.4 Å². The van der Waals surface area contributed by atoms with Crippen LogP contribution in [-0.4, -0.2) is 36.7 Å². The van der Waals surface area contributed by atoms with Crippen molar-refractivity contribution in [2.24, 2.45) is 0 Å². The molecule has 39 heavy (non-hydrogen) atoms. The van der Waals surface area contributed by atoms with Gasteiger partial charge in [0.1, 0.15) is 11.7 Å². The molecule has 2 heterocycles. The smallest absolute Gasteiger partial charge is 0.350 e. The quantitative estimate of drug-likeness (QED) is 0.209. The molecule has 0 aliphatic rings. The molecule has 16 heteroatoms. The highest BCUT2D eigenvalue weighted by Crippen LogP contribution is 2.36. The van der Waals surface area contributed by atoms with Gasteiger partial charge in [0.25, 0.3) is 17.2 Å². The van der Waals surface area contributed by atoms with Crippen molar-refractivity contribution in [3.63, 3.8) is 0 Å². The summed E-state index contributed by atoms with van der Waals surface area (Å²) in [6.07, 6.45) is -7.80. The number of amides is 1. The second kappa shape index (κ2) is 10.2. The lowest BCUT2D eigenvalue weighted by molar-refractivity contribution is -0.384. The third kappa shape index (κ3) is 6.05. The summed E-state index contributed by atoms with van der Waals surface area (Å²) < 4.78 is 80.7. The fraction of sp³-hybridized carbons (Fsp3) is 0.217. The first kappa shape index (κ1) is 27.3. The fourth-order valence-corrected chi connectivity index (χ4v) is 3.70. The molecule has 0 bridgehead atoms. The van der Waals surface area contributed by atoms with Gasteiger partial charge in [0.05, 0.1) is 35.3 Å². The summed E-state index contributed by atoms with van der Waals surface area (Å²) in [5, 5.41) is 17.3. The monoisotopic (exact) mass is 554 g/mol. The predicted octanol–water partition coefficient (Wildman–Crippen LogP) is 4.02. The molecule has 0 spiro atoms. The number of nitrogens with zero attached hydrogens (tertiary/aromatic N) is 5. The molecule has 1 amide bonds. The van der Waals surface area contributed by atoms with Gasteiger partial charge in [-0.25, -0.2) is 9.67 Å². The molecule has 4 rings (SSSR count). The summed E-state index contributed by atoms with van der Waals surface area (Å²) in [6, 6.07) is 6.24. The first-order valence-electron chi connectivity index (χ1n) is 11.0. The molecule has 10 nitrogen and oxygen atoms in total. The van der Waals surface area contributed by atoms with E-state index >= 15 is 0 Å². The lowest BCUT2D eigenvalue weighted by Crippen LogP contribution is -2.28. The number of non-ortho nitro benzene ring substituents is 1. The zero-order valence-corrected chi connectivity index (χ0v) is 19.5. The van der Waals surface area contributed by atoms with Gasteiger partial charge in [-0.1, -0.05) is 12.1 Å². The Morgan fingerprint density at radius 1 is 1.03 bits per heavy atom. The zero-order valence-electron chi connectivity index (χ0n) is 19.5. The number of nitro groups is 1. The van der Waals surface area contributed by atoms with E-state index in [2.05, 4.69) is 15.4 Å². The highest BCUT2D eigenvalue weighted by Gasteiger charge is 2.37. The van der Waals surface area contributed by atoms with Crippen molar-refractivity contribution in [3.05, 3.63) is 97.7 Å². The topological polar surface area (TPSA) is 125 Å². The number of rotatable bonds is 7. The highest BCUT2D eigenvalue weighted by molar-refractivity contribution is 5.94. The minimum Gasteiger partial charge on any atom is -0.350 e. The maximum absolute atomic E-state index is 13.0. The molecular formula is C23H16F6N6O4. The molecule has 0 aliphatic heterocycles. The van der Waals surface area contributed by atoms with Gasteiger partial charge < -0.3 is 5.32 Å². The Labute approximate surface area is 213 Å². The van der Waals surface area contributed by atoms with E-state index in [1.165, 1.54) is 40.0 Å². The van der Waals surface area contributed by atoms with Gasteiger partial charge in [-0.3, -0.25) is 24.3 Å². The number of fused-ring (bicyclic) bond motifs is 1. The van der Waals surface area contributed by atoms with E-state index in [4.69, 9.17) is 0 Å². The van der Waals surface area contributed by atoms with Crippen LogP contribution in [0.25, 0.3) is 11.0 Å². The van der Waals surface area contributed by atoms with E-state index in [1.807, 2.05) is 0 Å². The molecule has 0 aliphatic carbocycles. The van der Waals surface area contributed by atoms with E-state index < -0.39 is 45.4 Å². The lowest BCUT2D eigenvalue weighted by Gasteiger charge is -2.14. The number of hydrogen-bond acceptors (Lipinski definition) is 6. The van der Waals surface area contributed by atoms with Crippen LogP contribution in [0.1, 0.15) is 27.0 Å². The molecule has 0 atom stereocenters. The maximum Gasteiger partial charge on any atom is 0.416 e. The predicted molar refractivity (Wildman–Crippen MR) is 123 cm³/mol. The van der Waals surface area contributed by atoms with Crippen LogP contribution in [0.2, 0.25) is 0 Å². The van der Waals surface area contributed by atoms with E-state index in [-0.39, 0.29) is 42.4 Å². The van der Waals surface area contributed by atoms with Crippen molar-refractivity contribution < 1.29 is 36.1 Å². The lowest BCUT2D eigenvalue weighted by atomic mass is 10.0. The van der Waals surface area contributed by atoms with E-state index in [0.717, 1.165) is 0 Å². The first-order chi connectivity index (χ1) is 18.2. The Balaban J connectivity index is 1.48. The van der Waals surface area contributed by atoms with Crippen LogP contribution in [0.4, 0.5) is 32.0 Å². The van der Waals surface area contributed by atoms with Crippen molar-refractivity contribution in [1.82, 2.24) is 24.6 Å². The first-order valence-corrected chi connectivity index (χ1v) is 11.0. The average molecular weight is 554 g/mol. The number of halogens is 6. The van der Waals surface area contributed by atoms with Gasteiger partial charge in [-0.05, 0) is 23.8 Å². The molecule has 0 radical (unpaired) electrons. The molecule has 204 valence electrons. The number of alkyl halides is 6. The molecule has 2 aromatic heterocycles. The number of carbonyl (C=O) groups excluding carboxylic acids is 1. The van der Waals surface area contributed by atoms with Crippen LogP contribution >= 0.6 is 0 Å². The molecule has 1 N–H and O–H groups in total. The average Bonchev–Trinajstić information content (AvgIpc) is 3.28. The van der Waals surface area contributed by atoms with Crippen molar-refractivity contribution >= 4 is 22.6 Å². The standard InChI is InChI=1S/C23H16F6N6O4/c24-22(25,26)15-7-14(8-16(9-15)23(27,28)29)20(36)30-4-5-34-19-18(10-32-34)21(37)33(12-31-19)11-13-2-1-3-17(6-13)35(38)39/h1-3,6-10,12H,4-5,11H2,(H,30,36). The molecule has 2 aromatic carbocycles. The van der Waals surface area contributed by atoms with Gasteiger partial charge in [0.15, 0.2) is 5.65 Å². The van der Waals surface area contributed by atoms with Crippen LogP contribution in [0.15, 0.2) is 59.8 Å². The van der Waals surface area contributed by atoms with Crippen molar-refractivity contribution in [3.8, 4) is 0 Å². The van der Waals surface area contributed by atoms with Crippen molar-refractivity contribution in [1.29, 1.82) is 0 Å². The van der Waals surface area contributed by atoms with Gasteiger partial charge in [-0.2, -0.15) is 31.4 Å². The minimum absolute atomic E-state index is 0.0123. The molecular weight excluding hydrogens is 538 g/mol. The number of benzene rings is 2. The third-order valence-electron chi connectivity index (χ3n) is 5.56. The normalized spacial score (nSPS) is 12.1. The number of carbonyl (C=O) groups is 1. The van der Waals surface area contributed by atoms with Gasteiger partial charge in [-0.15, -0.1) is 0 Å². The molecule has 4 aromatic rings. The van der Waals surface area contributed by atoms with Crippen LogP contribution in [0.3, 0.4) is 0 Å². The van der Waals surface area contributed by atoms with Crippen LogP contribution in [0, 0.1) is 10.1 Å². The van der Waals surface area contributed by atoms with Gasteiger partial charge in [0, 0.05) is 24.2 Å². The highest BCUT2D eigenvalue weighted by atomic mass is 19.4. The SMILES string of the molecule is O=C(NCCn1ncc2c(=O)n(Cc3cccc([N+](=O)[O-])c3)cnc21)c1cc(C(F)(F)F)cc(C(F)(F)F)c1. The van der Waals surface area contributed by atoms with E-state index in [0.29, 0.717) is 17.7 Å². The van der Waals surface area contributed by atoms with Crippen molar-refractivity contribution in [2.75, 3.05) is 6.54 Å². The van der Waals surface area contributed by atoms with Crippen molar-refractivity contribution in [2.45, 2.75) is 25.4 Å². The Bertz CT molecular complexity index is 1590. The summed E-state index contributed by atoms with van der Waals surface area (Å²) in [7, 11) is 0. The Hall–Kier alpha value is -4.76. The summed E-state index contributed by atoms with van der Waals surface area (Å²) in [5.41, 5.74) is -4.13. The molecule has 0 saturated heterocycles. The molecule has 0 fully saturated rings. The van der Waals surface area contributed by atoms with E-state index in [9.17, 15) is 46.0 Å². The zero-order chi connectivity index (χ0) is 28.5. The third-order valence-corrected chi connectivity index (χ3v) is 5.56.